The standard InChI is InChI=1S/C10H11NO/c1-7-4-5-9(6-8(7)2)10(12)11-3/h4-6H,3H2,1-2H3. The molecule has 0 N–H and O–H groups in total. The second-order valence-corrected chi connectivity index (χ2v) is 2.76. The SMILES string of the molecule is C=NC(=O)c1ccc(C)c(C)c1. The van der Waals surface area contributed by atoms with Crippen molar-refractivity contribution < 1.29 is 4.79 Å². The van der Waals surface area contributed by atoms with E-state index in [9.17, 15) is 4.79 Å². The second kappa shape index (κ2) is 3.30. The van der Waals surface area contributed by atoms with Gasteiger partial charge < -0.3 is 0 Å². The zero-order valence-corrected chi connectivity index (χ0v) is 7.29. The molecule has 1 amide bonds. The first-order chi connectivity index (χ1) is 5.65. The predicted molar refractivity (Wildman–Crippen MR) is 49.8 cm³/mol. The minimum Gasteiger partial charge on any atom is -0.267 e. The van der Waals surface area contributed by atoms with Crippen molar-refractivity contribution in [3.63, 3.8) is 0 Å². The van der Waals surface area contributed by atoms with E-state index in [1.54, 1.807) is 6.07 Å². The van der Waals surface area contributed by atoms with E-state index in [2.05, 4.69) is 11.7 Å². The highest BCUT2D eigenvalue weighted by Crippen LogP contribution is 2.10. The molecule has 0 saturated heterocycles. The molecule has 1 rings (SSSR count). The number of carbonyl (C=O) groups is 1. The summed E-state index contributed by atoms with van der Waals surface area (Å²) < 4.78 is 0. The van der Waals surface area contributed by atoms with Crippen LogP contribution in [0.2, 0.25) is 0 Å². The summed E-state index contributed by atoms with van der Waals surface area (Å²) >= 11 is 0. The second-order valence-electron chi connectivity index (χ2n) is 2.76. The molecular weight excluding hydrogens is 150 g/mol. The highest BCUT2D eigenvalue weighted by molar-refractivity contribution is 5.97. The van der Waals surface area contributed by atoms with E-state index in [1.807, 2.05) is 26.0 Å². The van der Waals surface area contributed by atoms with Crippen molar-refractivity contribution in [2.75, 3.05) is 0 Å². The quantitative estimate of drug-likeness (QED) is 0.580. The number of hydrogen-bond donors (Lipinski definition) is 0. The molecule has 0 aliphatic heterocycles. The molecule has 0 spiro atoms. The summed E-state index contributed by atoms with van der Waals surface area (Å²) in [7, 11) is 0. The van der Waals surface area contributed by atoms with Crippen LogP contribution in [-0.4, -0.2) is 12.6 Å². The van der Waals surface area contributed by atoms with Crippen LogP contribution in [0.15, 0.2) is 23.2 Å². The Hall–Kier alpha value is -1.44. The van der Waals surface area contributed by atoms with Crippen molar-refractivity contribution in [3.05, 3.63) is 34.9 Å². The highest BCUT2D eigenvalue weighted by atomic mass is 16.1. The minimum atomic E-state index is -0.266. The first-order valence-corrected chi connectivity index (χ1v) is 3.73. The van der Waals surface area contributed by atoms with E-state index in [4.69, 9.17) is 0 Å². The highest BCUT2D eigenvalue weighted by Gasteiger charge is 2.02. The van der Waals surface area contributed by atoms with Crippen LogP contribution in [-0.2, 0) is 0 Å². The average molecular weight is 161 g/mol. The Labute approximate surface area is 71.9 Å². The van der Waals surface area contributed by atoms with Crippen molar-refractivity contribution in [3.8, 4) is 0 Å². The molecule has 12 heavy (non-hydrogen) atoms. The summed E-state index contributed by atoms with van der Waals surface area (Å²) in [5.74, 6) is -0.266. The minimum absolute atomic E-state index is 0.266. The molecule has 0 radical (unpaired) electrons. The van der Waals surface area contributed by atoms with E-state index in [1.165, 1.54) is 5.56 Å². The molecule has 0 aliphatic rings. The van der Waals surface area contributed by atoms with E-state index in [-0.39, 0.29) is 5.91 Å². The zero-order chi connectivity index (χ0) is 9.14. The molecule has 0 aliphatic carbocycles. The Morgan fingerprint density at radius 2 is 2.00 bits per heavy atom. The van der Waals surface area contributed by atoms with E-state index >= 15 is 0 Å². The van der Waals surface area contributed by atoms with Gasteiger partial charge in [-0.3, -0.25) is 4.79 Å². The lowest BCUT2D eigenvalue weighted by Crippen LogP contribution is -1.94. The normalized spacial score (nSPS) is 9.50. The maximum absolute atomic E-state index is 11.0. The van der Waals surface area contributed by atoms with Crippen LogP contribution < -0.4 is 0 Å². The smallest absolute Gasteiger partial charge is 0.267 e. The van der Waals surface area contributed by atoms with Crippen LogP contribution >= 0.6 is 0 Å². The lowest BCUT2D eigenvalue weighted by molar-refractivity contribution is 0.100. The average Bonchev–Trinajstić information content (AvgIpc) is 2.08. The third-order valence-electron chi connectivity index (χ3n) is 1.90. The van der Waals surface area contributed by atoms with Crippen LogP contribution in [0, 0.1) is 13.8 Å². The number of rotatable bonds is 1. The molecule has 2 nitrogen and oxygen atoms in total. The summed E-state index contributed by atoms with van der Waals surface area (Å²) in [6.45, 7) is 7.16. The molecule has 0 saturated carbocycles. The molecule has 0 atom stereocenters. The third-order valence-corrected chi connectivity index (χ3v) is 1.90. The summed E-state index contributed by atoms with van der Waals surface area (Å²) in [6, 6.07) is 5.50. The topological polar surface area (TPSA) is 29.4 Å². The van der Waals surface area contributed by atoms with Gasteiger partial charge in [-0.05, 0) is 43.8 Å². The van der Waals surface area contributed by atoms with Gasteiger partial charge in [0.1, 0.15) is 0 Å². The fourth-order valence-corrected chi connectivity index (χ4v) is 0.966. The number of benzene rings is 1. The van der Waals surface area contributed by atoms with Crippen molar-refractivity contribution in [2.45, 2.75) is 13.8 Å². The number of aryl methyl sites for hydroxylation is 2. The largest absolute Gasteiger partial charge is 0.276 e. The van der Waals surface area contributed by atoms with Gasteiger partial charge in [0.2, 0.25) is 0 Å². The Bertz CT molecular complexity index is 329. The molecule has 2 heteroatoms. The number of amides is 1. The molecule has 62 valence electrons. The number of carbonyl (C=O) groups excluding carboxylic acids is 1. The molecule has 0 heterocycles. The van der Waals surface area contributed by atoms with Gasteiger partial charge in [0.15, 0.2) is 0 Å². The van der Waals surface area contributed by atoms with Gasteiger partial charge in [-0.25, -0.2) is 4.99 Å². The van der Waals surface area contributed by atoms with Gasteiger partial charge in [-0.15, -0.1) is 0 Å². The van der Waals surface area contributed by atoms with E-state index in [0.29, 0.717) is 5.56 Å². The molecule has 0 fully saturated rings. The van der Waals surface area contributed by atoms with Crippen molar-refractivity contribution in [2.24, 2.45) is 4.99 Å². The summed E-state index contributed by atoms with van der Waals surface area (Å²) in [5, 5.41) is 0. The van der Waals surface area contributed by atoms with Crippen molar-refractivity contribution in [1.29, 1.82) is 0 Å². The van der Waals surface area contributed by atoms with Crippen LogP contribution in [0.1, 0.15) is 21.5 Å². The first-order valence-electron chi connectivity index (χ1n) is 3.73. The first kappa shape index (κ1) is 8.65. The predicted octanol–water partition coefficient (Wildman–Crippen LogP) is 2.14. The van der Waals surface area contributed by atoms with Gasteiger partial charge in [0.25, 0.3) is 5.91 Å². The van der Waals surface area contributed by atoms with Crippen LogP contribution in [0.4, 0.5) is 0 Å². The van der Waals surface area contributed by atoms with Gasteiger partial charge in [0.05, 0.1) is 0 Å². The van der Waals surface area contributed by atoms with Gasteiger partial charge in [-0.2, -0.15) is 0 Å². The molecule has 0 aromatic heterocycles. The third kappa shape index (κ3) is 1.59. The van der Waals surface area contributed by atoms with Gasteiger partial charge >= 0.3 is 0 Å². The maximum atomic E-state index is 11.0. The summed E-state index contributed by atoms with van der Waals surface area (Å²) in [4.78, 5) is 14.4. The van der Waals surface area contributed by atoms with Crippen molar-refractivity contribution >= 4 is 12.6 Å². The number of aliphatic imine (C=N–C) groups is 1. The Kier molecular flexibility index (Phi) is 2.38. The maximum Gasteiger partial charge on any atom is 0.276 e. The van der Waals surface area contributed by atoms with Crippen molar-refractivity contribution in [1.82, 2.24) is 0 Å². The zero-order valence-electron chi connectivity index (χ0n) is 7.29. The van der Waals surface area contributed by atoms with E-state index in [0.717, 1.165) is 5.56 Å². The fraction of sp³-hybridized carbons (Fsp3) is 0.200. The Morgan fingerprint density at radius 1 is 1.33 bits per heavy atom. The number of hydrogen-bond acceptors (Lipinski definition) is 1. The molecule has 1 aromatic carbocycles. The lowest BCUT2D eigenvalue weighted by atomic mass is 10.1. The number of nitrogens with zero attached hydrogens (tertiary/aromatic N) is 1. The Balaban J connectivity index is 3.13. The molecular formula is C10H11NO. The van der Waals surface area contributed by atoms with Crippen LogP contribution in [0.5, 0.6) is 0 Å². The van der Waals surface area contributed by atoms with Crippen LogP contribution in [0.3, 0.4) is 0 Å². The fourth-order valence-electron chi connectivity index (χ4n) is 0.966. The molecule has 0 bridgehead atoms. The summed E-state index contributed by atoms with van der Waals surface area (Å²) in [5.41, 5.74) is 2.88. The summed E-state index contributed by atoms with van der Waals surface area (Å²) in [6.07, 6.45) is 0. The van der Waals surface area contributed by atoms with Gasteiger partial charge in [-0.1, -0.05) is 6.07 Å². The monoisotopic (exact) mass is 161 g/mol. The lowest BCUT2D eigenvalue weighted by Gasteiger charge is -2.00. The van der Waals surface area contributed by atoms with E-state index < -0.39 is 0 Å². The molecule has 1 aromatic rings. The van der Waals surface area contributed by atoms with Crippen LogP contribution in [0.25, 0.3) is 0 Å². The van der Waals surface area contributed by atoms with Gasteiger partial charge in [0, 0.05) is 5.56 Å². The molecule has 0 unspecified atom stereocenters. The Morgan fingerprint density at radius 3 is 2.50 bits per heavy atom.